The summed E-state index contributed by atoms with van der Waals surface area (Å²) >= 11 is 1.67. The number of anilines is 1. The second kappa shape index (κ2) is 8.37. The molecule has 3 nitrogen and oxygen atoms in total. The van der Waals surface area contributed by atoms with Crippen molar-refractivity contribution in [1.82, 2.24) is 4.98 Å². The molecule has 144 valence electrons. The van der Waals surface area contributed by atoms with Crippen LogP contribution in [0, 0.1) is 12.7 Å². The van der Waals surface area contributed by atoms with E-state index in [1.54, 1.807) is 23.5 Å². The van der Waals surface area contributed by atoms with Gasteiger partial charge in [-0.15, -0.1) is 11.3 Å². The number of hydrogen-bond acceptors (Lipinski definition) is 3. The minimum Gasteiger partial charge on any atom is -0.326 e. The minimum absolute atomic E-state index is 0.138. The van der Waals surface area contributed by atoms with Gasteiger partial charge >= 0.3 is 0 Å². The summed E-state index contributed by atoms with van der Waals surface area (Å²) in [6.45, 7) is 2.07. The lowest BCUT2D eigenvalue weighted by Gasteiger charge is -2.07. The highest BCUT2D eigenvalue weighted by Crippen LogP contribution is 2.33. The highest BCUT2D eigenvalue weighted by molar-refractivity contribution is 7.15. The maximum atomic E-state index is 13.0. The van der Waals surface area contributed by atoms with Crippen LogP contribution in [0.25, 0.3) is 21.8 Å². The van der Waals surface area contributed by atoms with E-state index in [1.165, 1.54) is 12.1 Å². The number of aromatic nitrogens is 1. The lowest BCUT2D eigenvalue weighted by molar-refractivity contribution is -0.115. The Morgan fingerprint density at radius 3 is 2.31 bits per heavy atom. The Labute approximate surface area is 172 Å². The number of nitrogens with zero attached hydrogens (tertiary/aromatic N) is 1. The van der Waals surface area contributed by atoms with Crippen molar-refractivity contribution < 1.29 is 9.18 Å². The van der Waals surface area contributed by atoms with Crippen LogP contribution in [0.3, 0.4) is 0 Å². The van der Waals surface area contributed by atoms with E-state index in [1.807, 2.05) is 42.5 Å². The Morgan fingerprint density at radius 1 is 0.931 bits per heavy atom. The van der Waals surface area contributed by atoms with E-state index in [-0.39, 0.29) is 18.1 Å². The maximum Gasteiger partial charge on any atom is 0.228 e. The normalized spacial score (nSPS) is 10.7. The Balaban J connectivity index is 1.46. The SMILES string of the molecule is Cc1sc(-c2ccccc2)nc1-c1ccc(NC(=O)Cc2ccc(F)cc2)cc1. The number of halogens is 1. The molecule has 1 amide bonds. The van der Waals surface area contributed by atoms with Crippen molar-refractivity contribution in [3.8, 4) is 21.8 Å². The largest absolute Gasteiger partial charge is 0.326 e. The summed E-state index contributed by atoms with van der Waals surface area (Å²) in [6.07, 6.45) is 0.202. The molecule has 0 fully saturated rings. The summed E-state index contributed by atoms with van der Waals surface area (Å²) in [4.78, 5) is 18.2. The first-order valence-corrected chi connectivity index (χ1v) is 10.1. The zero-order valence-corrected chi connectivity index (χ0v) is 16.7. The molecule has 0 aliphatic rings. The lowest BCUT2D eigenvalue weighted by atomic mass is 10.1. The predicted octanol–water partition coefficient (Wildman–Crippen LogP) is 6.11. The molecule has 5 heteroatoms. The summed E-state index contributed by atoms with van der Waals surface area (Å²) in [5.41, 5.74) is 4.57. The van der Waals surface area contributed by atoms with Gasteiger partial charge in [-0.3, -0.25) is 4.79 Å². The van der Waals surface area contributed by atoms with Crippen LogP contribution in [0.4, 0.5) is 10.1 Å². The zero-order chi connectivity index (χ0) is 20.2. The molecule has 1 N–H and O–H groups in total. The monoisotopic (exact) mass is 402 g/mol. The Hall–Kier alpha value is -3.31. The molecule has 3 aromatic carbocycles. The fourth-order valence-electron chi connectivity index (χ4n) is 3.07. The molecule has 0 spiro atoms. The van der Waals surface area contributed by atoms with Crippen LogP contribution in [0.2, 0.25) is 0 Å². The van der Waals surface area contributed by atoms with Gasteiger partial charge in [0.2, 0.25) is 5.91 Å². The zero-order valence-electron chi connectivity index (χ0n) is 15.9. The molecular weight excluding hydrogens is 383 g/mol. The number of benzene rings is 3. The van der Waals surface area contributed by atoms with Gasteiger partial charge in [0.05, 0.1) is 12.1 Å². The van der Waals surface area contributed by atoms with Crippen LogP contribution in [-0.2, 0) is 11.2 Å². The maximum absolute atomic E-state index is 13.0. The summed E-state index contributed by atoms with van der Waals surface area (Å²) in [5.74, 6) is -0.446. The van der Waals surface area contributed by atoms with E-state index in [0.29, 0.717) is 0 Å². The first-order chi connectivity index (χ1) is 14.1. The van der Waals surface area contributed by atoms with E-state index >= 15 is 0 Å². The molecule has 4 aromatic rings. The molecule has 0 bridgehead atoms. The molecule has 0 saturated heterocycles. The van der Waals surface area contributed by atoms with Gasteiger partial charge < -0.3 is 5.32 Å². The molecule has 1 heterocycles. The van der Waals surface area contributed by atoms with Gasteiger partial charge in [-0.25, -0.2) is 9.37 Å². The average molecular weight is 402 g/mol. The number of nitrogens with one attached hydrogen (secondary N) is 1. The van der Waals surface area contributed by atoms with Crippen molar-refractivity contribution in [2.24, 2.45) is 0 Å². The van der Waals surface area contributed by atoms with Crippen molar-refractivity contribution in [2.75, 3.05) is 5.32 Å². The second-order valence-electron chi connectivity index (χ2n) is 6.72. The fourth-order valence-corrected chi connectivity index (χ4v) is 4.01. The number of carbonyl (C=O) groups excluding carboxylic acids is 1. The Kier molecular flexibility index (Phi) is 5.49. The van der Waals surface area contributed by atoms with E-state index in [9.17, 15) is 9.18 Å². The third-order valence-corrected chi connectivity index (χ3v) is 5.56. The molecule has 1 aromatic heterocycles. The molecular formula is C24H19FN2OS. The summed E-state index contributed by atoms with van der Waals surface area (Å²) in [7, 11) is 0. The van der Waals surface area contributed by atoms with Crippen molar-refractivity contribution in [3.05, 3.63) is 95.1 Å². The van der Waals surface area contributed by atoms with Crippen LogP contribution in [0.1, 0.15) is 10.4 Å². The second-order valence-corrected chi connectivity index (χ2v) is 7.92. The van der Waals surface area contributed by atoms with Gasteiger partial charge in [0.25, 0.3) is 0 Å². The van der Waals surface area contributed by atoms with Crippen molar-refractivity contribution in [1.29, 1.82) is 0 Å². The summed E-state index contributed by atoms with van der Waals surface area (Å²) < 4.78 is 13.0. The average Bonchev–Trinajstić information content (AvgIpc) is 3.13. The molecule has 0 radical (unpaired) electrons. The van der Waals surface area contributed by atoms with Gasteiger partial charge in [-0.05, 0) is 36.8 Å². The molecule has 0 saturated carbocycles. The van der Waals surface area contributed by atoms with Gasteiger partial charge in [0.15, 0.2) is 0 Å². The van der Waals surface area contributed by atoms with Crippen molar-refractivity contribution in [3.63, 3.8) is 0 Å². The van der Waals surface area contributed by atoms with E-state index in [2.05, 4.69) is 24.4 Å². The van der Waals surface area contributed by atoms with Crippen molar-refractivity contribution in [2.45, 2.75) is 13.3 Å². The van der Waals surface area contributed by atoms with Crippen molar-refractivity contribution >= 4 is 22.9 Å². The topological polar surface area (TPSA) is 42.0 Å². The first-order valence-electron chi connectivity index (χ1n) is 9.26. The number of carbonyl (C=O) groups is 1. The predicted molar refractivity (Wildman–Crippen MR) is 116 cm³/mol. The molecule has 0 atom stereocenters. The Morgan fingerprint density at radius 2 is 1.62 bits per heavy atom. The van der Waals surface area contributed by atoms with Gasteiger partial charge in [-0.2, -0.15) is 0 Å². The molecule has 4 rings (SSSR count). The molecule has 0 aliphatic heterocycles. The van der Waals surface area contributed by atoms with E-state index in [0.717, 1.165) is 38.0 Å². The minimum atomic E-state index is -0.308. The van der Waals surface area contributed by atoms with Gasteiger partial charge in [-0.1, -0.05) is 54.6 Å². The number of thiazole rings is 1. The first kappa shape index (κ1) is 19.0. The highest BCUT2D eigenvalue weighted by atomic mass is 32.1. The number of rotatable bonds is 5. The van der Waals surface area contributed by atoms with Crippen LogP contribution < -0.4 is 5.32 Å². The fraction of sp³-hybridized carbons (Fsp3) is 0.0833. The van der Waals surface area contributed by atoms with Crippen LogP contribution in [0.15, 0.2) is 78.9 Å². The smallest absolute Gasteiger partial charge is 0.228 e. The number of aryl methyl sites for hydroxylation is 1. The number of amides is 1. The third-order valence-electron chi connectivity index (χ3n) is 4.54. The van der Waals surface area contributed by atoms with Crippen LogP contribution in [0.5, 0.6) is 0 Å². The lowest BCUT2D eigenvalue weighted by Crippen LogP contribution is -2.14. The van der Waals surface area contributed by atoms with Gasteiger partial charge in [0, 0.05) is 21.7 Å². The van der Waals surface area contributed by atoms with Crippen LogP contribution >= 0.6 is 11.3 Å². The quantitative estimate of drug-likeness (QED) is 0.438. The standard InChI is InChI=1S/C24H19FN2OS/c1-16-23(27-24(29-16)19-5-3-2-4-6-19)18-9-13-21(14-10-18)26-22(28)15-17-7-11-20(25)12-8-17/h2-14H,15H2,1H3,(H,26,28). The van der Waals surface area contributed by atoms with E-state index < -0.39 is 0 Å². The molecule has 0 unspecified atom stereocenters. The summed E-state index contributed by atoms with van der Waals surface area (Å²) in [5, 5.41) is 3.87. The number of hydrogen-bond donors (Lipinski definition) is 1. The Bertz CT molecular complexity index is 1120. The van der Waals surface area contributed by atoms with Gasteiger partial charge in [0.1, 0.15) is 10.8 Å². The molecule has 0 aliphatic carbocycles. The highest BCUT2D eigenvalue weighted by Gasteiger charge is 2.12. The summed E-state index contributed by atoms with van der Waals surface area (Å²) in [6, 6.07) is 23.8. The van der Waals surface area contributed by atoms with E-state index in [4.69, 9.17) is 4.98 Å². The van der Waals surface area contributed by atoms with Crippen LogP contribution in [-0.4, -0.2) is 10.9 Å². The third kappa shape index (κ3) is 4.58. The molecule has 29 heavy (non-hydrogen) atoms.